The lowest BCUT2D eigenvalue weighted by Gasteiger charge is -2.22. The topological polar surface area (TPSA) is 122 Å². The molecule has 46 heavy (non-hydrogen) atoms. The molecule has 1 aliphatic rings. The number of aliphatic imine (C=N–C) groups is 1. The van der Waals surface area contributed by atoms with Gasteiger partial charge in [0.1, 0.15) is 12.1 Å². The Morgan fingerprint density at radius 1 is 1.07 bits per heavy atom. The number of aromatic nitrogens is 3. The fourth-order valence-corrected chi connectivity index (χ4v) is 5.44. The number of carbonyl (C=O) groups excluding carboxylic acids is 3. The van der Waals surface area contributed by atoms with Crippen molar-refractivity contribution in [2.75, 3.05) is 27.9 Å². The molecule has 4 amide bonds. The zero-order valence-corrected chi connectivity index (χ0v) is 25.9. The third-order valence-corrected chi connectivity index (χ3v) is 7.76. The Hall–Kier alpha value is -5.18. The summed E-state index contributed by atoms with van der Waals surface area (Å²) in [4.78, 5) is 49.7. The van der Waals surface area contributed by atoms with E-state index in [9.17, 15) is 27.6 Å². The molecule has 11 nitrogen and oxygen atoms in total. The van der Waals surface area contributed by atoms with Gasteiger partial charge in [-0.05, 0) is 78.6 Å². The molecule has 0 spiro atoms. The lowest BCUT2D eigenvalue weighted by molar-refractivity contribution is -0.274. The summed E-state index contributed by atoms with van der Waals surface area (Å²) >= 11 is 1.19. The maximum absolute atomic E-state index is 13.0. The molecule has 5 rings (SSSR count). The lowest BCUT2D eigenvalue weighted by atomic mass is 9.99. The first kappa shape index (κ1) is 32.2. The minimum atomic E-state index is -4.81. The first-order valence-corrected chi connectivity index (χ1v) is 14.9. The van der Waals surface area contributed by atoms with Crippen LogP contribution in [0.3, 0.4) is 0 Å². The van der Waals surface area contributed by atoms with Crippen LogP contribution in [0, 0.1) is 6.92 Å². The van der Waals surface area contributed by atoms with Crippen molar-refractivity contribution in [2.24, 2.45) is 4.99 Å². The Kier molecular flexibility index (Phi) is 9.14. The van der Waals surface area contributed by atoms with E-state index in [1.807, 2.05) is 39.0 Å². The Morgan fingerprint density at radius 3 is 2.41 bits per heavy atom. The zero-order chi connectivity index (χ0) is 33.2. The summed E-state index contributed by atoms with van der Waals surface area (Å²) < 4.78 is 42.4. The van der Waals surface area contributed by atoms with Crippen LogP contribution in [-0.4, -0.2) is 56.9 Å². The number of hydrogen-bond donors (Lipinski definition) is 1. The predicted octanol–water partition coefficient (Wildman–Crippen LogP) is 6.54. The molecule has 0 unspecified atom stereocenters. The van der Waals surface area contributed by atoms with Gasteiger partial charge >= 0.3 is 12.4 Å². The van der Waals surface area contributed by atoms with E-state index in [1.165, 1.54) is 51.8 Å². The number of amides is 4. The largest absolute Gasteiger partial charge is 0.573 e. The van der Waals surface area contributed by atoms with Crippen molar-refractivity contribution < 1.29 is 32.3 Å². The molecule has 1 aliphatic heterocycles. The van der Waals surface area contributed by atoms with Crippen LogP contribution >= 0.6 is 11.8 Å². The fraction of sp³-hybridized carbons (Fsp3) is 0.226. The van der Waals surface area contributed by atoms with Crippen molar-refractivity contribution in [1.29, 1.82) is 0 Å². The van der Waals surface area contributed by atoms with Gasteiger partial charge in [-0.25, -0.2) is 14.5 Å². The van der Waals surface area contributed by atoms with E-state index >= 15 is 0 Å². The molecule has 0 aliphatic carbocycles. The SMILES string of the molecule is Cc1ccc(C(C)C)c(N2C(=O)CSC2=NC(=O)Nc2ccc(N(C)C(=O)c3ncn(-c4ccc(OC(F)(F)F)cc4)n3)cc2)c1. The Morgan fingerprint density at radius 2 is 1.76 bits per heavy atom. The van der Waals surface area contributed by atoms with E-state index in [4.69, 9.17) is 0 Å². The summed E-state index contributed by atoms with van der Waals surface area (Å²) in [6.45, 7) is 6.00. The smallest absolute Gasteiger partial charge is 0.406 e. The van der Waals surface area contributed by atoms with Gasteiger partial charge in [-0.15, -0.1) is 18.3 Å². The number of rotatable bonds is 7. The Balaban J connectivity index is 1.24. The van der Waals surface area contributed by atoms with Crippen molar-refractivity contribution in [3.05, 3.63) is 90.0 Å². The summed E-state index contributed by atoms with van der Waals surface area (Å²) in [6, 6.07) is 16.6. The average Bonchev–Trinajstić information content (AvgIpc) is 3.63. The highest BCUT2D eigenvalue weighted by molar-refractivity contribution is 8.15. The number of ether oxygens (including phenoxy) is 1. The van der Waals surface area contributed by atoms with Crippen LogP contribution in [0.15, 0.2) is 78.0 Å². The van der Waals surface area contributed by atoms with Crippen LogP contribution in [0.4, 0.5) is 35.0 Å². The van der Waals surface area contributed by atoms with E-state index in [0.29, 0.717) is 22.7 Å². The van der Waals surface area contributed by atoms with Gasteiger partial charge in [-0.3, -0.25) is 14.5 Å². The van der Waals surface area contributed by atoms with Crippen molar-refractivity contribution in [3.63, 3.8) is 0 Å². The monoisotopic (exact) mass is 651 g/mol. The van der Waals surface area contributed by atoms with Gasteiger partial charge < -0.3 is 15.0 Å². The fourth-order valence-electron chi connectivity index (χ4n) is 4.58. The molecule has 3 aromatic carbocycles. The summed E-state index contributed by atoms with van der Waals surface area (Å²) in [5.41, 5.74) is 3.92. The van der Waals surface area contributed by atoms with Gasteiger partial charge in [0.05, 0.1) is 17.1 Å². The normalized spacial score (nSPS) is 14.2. The molecule has 0 saturated carbocycles. The molecular formula is C31H28F3N7O4S. The van der Waals surface area contributed by atoms with Crippen molar-refractivity contribution >= 4 is 51.8 Å². The van der Waals surface area contributed by atoms with Crippen molar-refractivity contribution in [3.8, 4) is 11.4 Å². The summed E-state index contributed by atoms with van der Waals surface area (Å²) in [7, 11) is 1.52. The van der Waals surface area contributed by atoms with Crippen LogP contribution in [0.5, 0.6) is 5.75 Å². The number of nitrogens with one attached hydrogen (secondary N) is 1. The maximum Gasteiger partial charge on any atom is 0.573 e. The third kappa shape index (κ3) is 7.37. The number of nitrogens with zero attached hydrogens (tertiary/aromatic N) is 6. The Bertz CT molecular complexity index is 1810. The van der Waals surface area contributed by atoms with Gasteiger partial charge in [0.25, 0.3) is 5.91 Å². The maximum atomic E-state index is 13.0. The second kappa shape index (κ2) is 13.0. The molecule has 0 bridgehead atoms. The quantitative estimate of drug-likeness (QED) is 0.241. The van der Waals surface area contributed by atoms with Crippen LogP contribution < -0.4 is 19.9 Å². The van der Waals surface area contributed by atoms with Gasteiger partial charge in [0, 0.05) is 18.4 Å². The van der Waals surface area contributed by atoms with E-state index in [0.717, 1.165) is 23.3 Å². The van der Waals surface area contributed by atoms with Gasteiger partial charge in [0.15, 0.2) is 5.17 Å². The van der Waals surface area contributed by atoms with Crippen molar-refractivity contribution in [1.82, 2.24) is 14.8 Å². The van der Waals surface area contributed by atoms with Crippen molar-refractivity contribution in [2.45, 2.75) is 33.1 Å². The number of urea groups is 1. The number of hydrogen-bond acceptors (Lipinski definition) is 7. The molecule has 1 aromatic heterocycles. The first-order valence-electron chi connectivity index (χ1n) is 13.9. The number of thioether (sulfide) groups is 1. The number of aryl methyl sites for hydroxylation is 1. The molecule has 0 atom stereocenters. The standard InChI is InChI=1S/C31H28F3N7O4S/c1-18(2)24-14-5-19(3)15-25(24)41-26(42)16-46-30(41)37-29(44)36-20-6-8-21(9-7-20)39(4)28(43)27-35-17-40(38-27)22-10-12-23(13-11-22)45-31(32,33)34/h5-15,17-18H,16H2,1-4H3,(H,36,44). The average molecular weight is 652 g/mol. The number of carbonyl (C=O) groups is 3. The van der Waals surface area contributed by atoms with Gasteiger partial charge in [0.2, 0.25) is 11.7 Å². The highest BCUT2D eigenvalue weighted by Crippen LogP contribution is 2.34. The van der Waals surface area contributed by atoms with Gasteiger partial charge in [-0.1, -0.05) is 37.7 Å². The molecule has 1 fully saturated rings. The summed E-state index contributed by atoms with van der Waals surface area (Å²) in [5, 5.41) is 7.11. The van der Waals surface area contributed by atoms with Gasteiger partial charge in [-0.2, -0.15) is 4.99 Å². The molecule has 4 aromatic rings. The molecular weight excluding hydrogens is 623 g/mol. The van der Waals surface area contributed by atoms with Crippen LogP contribution in [-0.2, 0) is 4.79 Å². The number of amidine groups is 1. The second-order valence-corrected chi connectivity index (χ2v) is 11.5. The van der Waals surface area contributed by atoms with Crippen LogP contribution in [0.2, 0.25) is 0 Å². The summed E-state index contributed by atoms with van der Waals surface area (Å²) in [5.74, 6) is -0.914. The third-order valence-electron chi connectivity index (χ3n) is 6.84. The molecule has 1 N–H and O–H groups in total. The second-order valence-electron chi connectivity index (χ2n) is 10.5. The first-order chi connectivity index (χ1) is 21.8. The van der Waals surface area contributed by atoms with E-state index in [1.54, 1.807) is 24.3 Å². The van der Waals surface area contributed by atoms with E-state index in [-0.39, 0.29) is 28.6 Å². The number of halogens is 3. The number of anilines is 3. The number of benzene rings is 3. The van der Waals surface area contributed by atoms with E-state index < -0.39 is 24.1 Å². The Labute approximate surface area is 266 Å². The molecule has 1 saturated heterocycles. The lowest BCUT2D eigenvalue weighted by Crippen LogP contribution is -2.31. The van der Waals surface area contributed by atoms with E-state index in [2.05, 4.69) is 25.1 Å². The molecule has 0 radical (unpaired) electrons. The molecule has 15 heteroatoms. The highest BCUT2D eigenvalue weighted by atomic mass is 32.2. The predicted molar refractivity (Wildman–Crippen MR) is 169 cm³/mol. The molecule has 2 heterocycles. The zero-order valence-electron chi connectivity index (χ0n) is 25.1. The minimum absolute atomic E-state index is 0.145. The number of alkyl halides is 3. The summed E-state index contributed by atoms with van der Waals surface area (Å²) in [6.07, 6.45) is -3.55. The highest BCUT2D eigenvalue weighted by Gasteiger charge is 2.33. The molecule has 238 valence electrons. The van der Waals surface area contributed by atoms with Crippen LogP contribution in [0.1, 0.15) is 41.5 Å². The minimum Gasteiger partial charge on any atom is -0.406 e. The van der Waals surface area contributed by atoms with Crippen LogP contribution in [0.25, 0.3) is 5.69 Å².